The van der Waals surface area contributed by atoms with Gasteiger partial charge in [-0.1, -0.05) is 24.3 Å². The molecule has 0 saturated heterocycles. The Bertz CT molecular complexity index is 671. The van der Waals surface area contributed by atoms with E-state index in [1.165, 1.54) is 6.07 Å². The lowest BCUT2D eigenvalue weighted by atomic mass is 10.1. The van der Waals surface area contributed by atoms with Crippen LogP contribution >= 0.6 is 0 Å². The fourth-order valence-corrected chi connectivity index (χ4v) is 1.95. The van der Waals surface area contributed by atoms with E-state index in [0.717, 1.165) is 5.69 Å². The van der Waals surface area contributed by atoms with E-state index >= 15 is 0 Å². The third kappa shape index (κ3) is 3.56. The van der Waals surface area contributed by atoms with E-state index < -0.39 is 4.92 Å². The number of anilines is 1. The fourth-order valence-electron chi connectivity index (χ4n) is 1.95. The first-order valence-electron chi connectivity index (χ1n) is 6.40. The summed E-state index contributed by atoms with van der Waals surface area (Å²) in [6.07, 6.45) is 0. The number of hydrogen-bond acceptors (Lipinski definition) is 4. The predicted octanol–water partition coefficient (Wildman–Crippen LogP) is 2.57. The van der Waals surface area contributed by atoms with Crippen molar-refractivity contribution in [3.63, 3.8) is 0 Å². The van der Waals surface area contributed by atoms with Crippen molar-refractivity contribution >= 4 is 17.3 Å². The molecule has 2 aromatic carbocycles. The van der Waals surface area contributed by atoms with E-state index in [0.29, 0.717) is 17.7 Å². The molecule has 0 aliphatic heterocycles. The van der Waals surface area contributed by atoms with Gasteiger partial charge in [-0.05, 0) is 18.2 Å². The minimum atomic E-state index is -0.405. The summed E-state index contributed by atoms with van der Waals surface area (Å²) in [6, 6.07) is 13.5. The average Bonchev–Trinajstić information content (AvgIpc) is 2.52. The molecule has 21 heavy (non-hydrogen) atoms. The zero-order valence-electron chi connectivity index (χ0n) is 11.5. The number of para-hydroxylation sites is 1. The van der Waals surface area contributed by atoms with Gasteiger partial charge in [0.25, 0.3) is 11.6 Å². The Balaban J connectivity index is 2.14. The normalized spacial score (nSPS) is 9.95. The molecule has 0 bridgehead atoms. The van der Waals surface area contributed by atoms with Crippen LogP contribution in [0.1, 0.15) is 15.9 Å². The maximum atomic E-state index is 11.6. The number of nitrogens with zero attached hydrogens (tertiary/aromatic N) is 1. The van der Waals surface area contributed by atoms with Gasteiger partial charge in [0, 0.05) is 36.5 Å². The maximum absolute atomic E-state index is 11.6. The van der Waals surface area contributed by atoms with Crippen LogP contribution in [0.3, 0.4) is 0 Å². The van der Waals surface area contributed by atoms with Crippen LogP contribution < -0.4 is 10.6 Å². The van der Waals surface area contributed by atoms with E-state index in [4.69, 9.17) is 0 Å². The maximum Gasteiger partial charge on any atom is 0.274 e. The number of amides is 1. The minimum absolute atomic E-state index is 0.0763. The van der Waals surface area contributed by atoms with Gasteiger partial charge in [0.1, 0.15) is 0 Å². The van der Waals surface area contributed by atoms with Crippen molar-refractivity contribution in [2.45, 2.75) is 6.54 Å². The molecule has 2 aromatic rings. The highest BCUT2D eigenvalue weighted by atomic mass is 16.6. The van der Waals surface area contributed by atoms with Crippen molar-refractivity contribution in [2.24, 2.45) is 0 Å². The molecule has 0 fully saturated rings. The number of rotatable bonds is 5. The van der Waals surface area contributed by atoms with Gasteiger partial charge in [-0.2, -0.15) is 0 Å². The third-order valence-corrected chi connectivity index (χ3v) is 3.02. The number of nitro benzene ring substituents is 1. The zero-order chi connectivity index (χ0) is 15.2. The Hall–Kier alpha value is -2.89. The summed E-state index contributed by atoms with van der Waals surface area (Å²) in [5.74, 6) is -0.177. The van der Waals surface area contributed by atoms with E-state index in [1.807, 2.05) is 0 Å². The molecule has 6 heteroatoms. The molecule has 0 heterocycles. The summed E-state index contributed by atoms with van der Waals surface area (Å²) >= 11 is 0. The number of carbonyl (C=O) groups excluding carboxylic acids is 1. The van der Waals surface area contributed by atoms with Crippen LogP contribution in [0.4, 0.5) is 11.4 Å². The van der Waals surface area contributed by atoms with Gasteiger partial charge < -0.3 is 10.6 Å². The predicted molar refractivity (Wildman–Crippen MR) is 80.3 cm³/mol. The molecule has 0 spiro atoms. The van der Waals surface area contributed by atoms with Crippen LogP contribution in [0.2, 0.25) is 0 Å². The van der Waals surface area contributed by atoms with Crippen LogP contribution in [0.25, 0.3) is 0 Å². The molecular formula is C15H15N3O3. The molecule has 2 rings (SSSR count). The molecule has 108 valence electrons. The van der Waals surface area contributed by atoms with Crippen molar-refractivity contribution in [3.05, 3.63) is 69.8 Å². The lowest BCUT2D eigenvalue weighted by molar-refractivity contribution is -0.385. The van der Waals surface area contributed by atoms with Gasteiger partial charge >= 0.3 is 0 Å². The monoisotopic (exact) mass is 285 g/mol. The number of carbonyl (C=O) groups is 1. The van der Waals surface area contributed by atoms with Crippen molar-refractivity contribution < 1.29 is 9.72 Å². The summed E-state index contributed by atoms with van der Waals surface area (Å²) in [5, 5.41) is 16.6. The summed E-state index contributed by atoms with van der Waals surface area (Å²) in [4.78, 5) is 22.1. The second-order valence-electron chi connectivity index (χ2n) is 4.40. The standard InChI is InChI=1S/C15H15N3O3/c1-16-15(19)11-6-4-7-13(9-11)17-10-12-5-2-3-8-14(12)18(20)21/h2-9,17H,10H2,1H3,(H,16,19). The Morgan fingerprint density at radius 2 is 1.95 bits per heavy atom. The highest BCUT2D eigenvalue weighted by Crippen LogP contribution is 2.19. The number of benzene rings is 2. The molecular weight excluding hydrogens is 270 g/mol. The molecule has 0 aromatic heterocycles. The molecule has 1 amide bonds. The van der Waals surface area contributed by atoms with Gasteiger partial charge in [-0.25, -0.2) is 0 Å². The smallest absolute Gasteiger partial charge is 0.274 e. The summed E-state index contributed by atoms with van der Waals surface area (Å²) in [6.45, 7) is 0.314. The molecule has 0 saturated carbocycles. The lowest BCUT2D eigenvalue weighted by Gasteiger charge is -2.08. The molecule has 0 aliphatic carbocycles. The van der Waals surface area contributed by atoms with E-state index in [9.17, 15) is 14.9 Å². The van der Waals surface area contributed by atoms with Gasteiger partial charge in [-0.3, -0.25) is 14.9 Å². The van der Waals surface area contributed by atoms with Crippen molar-refractivity contribution in [2.75, 3.05) is 12.4 Å². The van der Waals surface area contributed by atoms with Gasteiger partial charge in [-0.15, -0.1) is 0 Å². The Labute approximate surface area is 121 Å². The first-order chi connectivity index (χ1) is 10.1. The lowest BCUT2D eigenvalue weighted by Crippen LogP contribution is -2.17. The highest BCUT2D eigenvalue weighted by molar-refractivity contribution is 5.94. The van der Waals surface area contributed by atoms with Crippen LogP contribution in [0.15, 0.2) is 48.5 Å². The summed E-state index contributed by atoms with van der Waals surface area (Å²) in [7, 11) is 1.57. The SMILES string of the molecule is CNC(=O)c1cccc(NCc2ccccc2[N+](=O)[O-])c1. The number of hydrogen-bond donors (Lipinski definition) is 2. The van der Waals surface area contributed by atoms with Gasteiger partial charge in [0.05, 0.1) is 4.92 Å². The molecule has 0 aliphatic rings. The molecule has 0 atom stereocenters. The average molecular weight is 285 g/mol. The summed E-state index contributed by atoms with van der Waals surface area (Å²) in [5.41, 5.74) is 1.93. The molecule has 0 radical (unpaired) electrons. The number of nitrogens with one attached hydrogen (secondary N) is 2. The van der Waals surface area contributed by atoms with Gasteiger partial charge in [0.2, 0.25) is 0 Å². The quantitative estimate of drug-likeness (QED) is 0.653. The summed E-state index contributed by atoms with van der Waals surface area (Å²) < 4.78 is 0. The van der Waals surface area contributed by atoms with E-state index in [-0.39, 0.29) is 11.6 Å². The molecule has 0 unspecified atom stereocenters. The van der Waals surface area contributed by atoms with Crippen molar-refractivity contribution in [3.8, 4) is 0 Å². The Morgan fingerprint density at radius 3 is 2.67 bits per heavy atom. The minimum Gasteiger partial charge on any atom is -0.381 e. The zero-order valence-corrected chi connectivity index (χ0v) is 11.5. The van der Waals surface area contributed by atoms with E-state index in [2.05, 4.69) is 10.6 Å². The van der Waals surface area contributed by atoms with Crippen LogP contribution in [0.5, 0.6) is 0 Å². The van der Waals surface area contributed by atoms with E-state index in [1.54, 1.807) is 49.5 Å². The topological polar surface area (TPSA) is 84.3 Å². The Kier molecular flexibility index (Phi) is 4.50. The molecule has 6 nitrogen and oxygen atoms in total. The fraction of sp³-hybridized carbons (Fsp3) is 0.133. The highest BCUT2D eigenvalue weighted by Gasteiger charge is 2.12. The van der Waals surface area contributed by atoms with Crippen molar-refractivity contribution in [1.29, 1.82) is 0 Å². The largest absolute Gasteiger partial charge is 0.381 e. The third-order valence-electron chi connectivity index (χ3n) is 3.02. The van der Waals surface area contributed by atoms with Crippen molar-refractivity contribution in [1.82, 2.24) is 5.32 Å². The van der Waals surface area contributed by atoms with Crippen LogP contribution in [-0.4, -0.2) is 17.9 Å². The first-order valence-corrected chi connectivity index (χ1v) is 6.40. The Morgan fingerprint density at radius 1 is 1.19 bits per heavy atom. The first kappa shape index (κ1) is 14.5. The number of nitro groups is 1. The second kappa shape index (κ2) is 6.51. The van der Waals surface area contributed by atoms with Crippen LogP contribution in [0, 0.1) is 10.1 Å². The second-order valence-corrected chi connectivity index (χ2v) is 4.40. The molecule has 2 N–H and O–H groups in total. The van der Waals surface area contributed by atoms with Gasteiger partial charge in [0.15, 0.2) is 0 Å². The van der Waals surface area contributed by atoms with Crippen LogP contribution in [-0.2, 0) is 6.54 Å².